The van der Waals surface area contributed by atoms with Crippen molar-refractivity contribution in [1.29, 1.82) is 0 Å². The van der Waals surface area contributed by atoms with Crippen LogP contribution >= 0.6 is 27.5 Å². The van der Waals surface area contributed by atoms with Crippen LogP contribution < -0.4 is 5.32 Å². The predicted octanol–water partition coefficient (Wildman–Crippen LogP) is 3.09. The Bertz CT molecular complexity index is 850. The average Bonchev–Trinajstić information content (AvgIpc) is 3.39. The molecule has 2 saturated carbocycles. The van der Waals surface area contributed by atoms with Crippen LogP contribution in [0.4, 0.5) is 5.69 Å². The molecule has 0 radical (unpaired) electrons. The first kappa shape index (κ1) is 16.5. The van der Waals surface area contributed by atoms with E-state index in [9.17, 15) is 14.4 Å². The molecule has 0 aromatic heterocycles. The summed E-state index contributed by atoms with van der Waals surface area (Å²) in [7, 11) is 0. The fourth-order valence-electron chi connectivity index (χ4n) is 5.09. The molecule has 134 valence electrons. The molecule has 5 nitrogen and oxygen atoms in total. The Balaban J connectivity index is 1.32. The van der Waals surface area contributed by atoms with Crippen LogP contribution in [0.15, 0.2) is 34.8 Å². The van der Waals surface area contributed by atoms with Gasteiger partial charge in [0.05, 0.1) is 16.9 Å². The van der Waals surface area contributed by atoms with Gasteiger partial charge in [0.2, 0.25) is 17.7 Å². The quantitative estimate of drug-likeness (QED) is 0.586. The minimum absolute atomic E-state index is 0.171. The van der Waals surface area contributed by atoms with Crippen LogP contribution in [-0.2, 0) is 14.4 Å². The van der Waals surface area contributed by atoms with Crippen molar-refractivity contribution in [1.82, 2.24) is 4.90 Å². The Morgan fingerprint density at radius 3 is 2.35 bits per heavy atom. The smallest absolute Gasteiger partial charge is 0.244 e. The number of imide groups is 1. The topological polar surface area (TPSA) is 66.5 Å². The molecule has 1 aromatic rings. The van der Waals surface area contributed by atoms with Gasteiger partial charge in [-0.2, -0.15) is 0 Å². The first-order chi connectivity index (χ1) is 12.5. The van der Waals surface area contributed by atoms with Gasteiger partial charge in [0, 0.05) is 10.2 Å². The number of hydrogen-bond acceptors (Lipinski definition) is 3. The third kappa shape index (κ3) is 2.31. The Hall–Kier alpha value is -1.66. The maximum atomic E-state index is 12.9. The zero-order valence-corrected chi connectivity index (χ0v) is 16.0. The summed E-state index contributed by atoms with van der Waals surface area (Å²) in [6.07, 6.45) is 5.37. The number of nitrogens with one attached hydrogen (secondary N) is 1. The summed E-state index contributed by atoms with van der Waals surface area (Å²) >= 11 is 9.32. The number of allylic oxidation sites excluding steroid dienone is 2. The summed E-state index contributed by atoms with van der Waals surface area (Å²) in [6.45, 7) is -0.243. The van der Waals surface area contributed by atoms with Gasteiger partial charge < -0.3 is 5.32 Å². The zero-order chi connectivity index (χ0) is 18.2. The number of carbonyl (C=O) groups is 3. The van der Waals surface area contributed by atoms with E-state index in [-0.39, 0.29) is 42.0 Å². The van der Waals surface area contributed by atoms with Crippen molar-refractivity contribution in [2.45, 2.75) is 6.42 Å². The minimum Gasteiger partial charge on any atom is -0.324 e. The van der Waals surface area contributed by atoms with Gasteiger partial charge in [0.25, 0.3) is 0 Å². The summed E-state index contributed by atoms with van der Waals surface area (Å²) in [5.41, 5.74) is 0.530. The molecular weight excluding hydrogens is 420 g/mol. The Morgan fingerprint density at radius 2 is 1.77 bits per heavy atom. The van der Waals surface area contributed by atoms with Crippen molar-refractivity contribution in [3.8, 4) is 0 Å². The number of halogens is 2. The Morgan fingerprint density at radius 1 is 1.15 bits per heavy atom. The highest BCUT2D eigenvalue weighted by Gasteiger charge is 2.67. The zero-order valence-electron chi connectivity index (χ0n) is 13.7. The molecule has 7 heteroatoms. The van der Waals surface area contributed by atoms with E-state index in [1.54, 1.807) is 18.2 Å². The first-order valence-corrected chi connectivity index (χ1v) is 9.91. The molecule has 3 fully saturated rings. The third-order valence-corrected chi connectivity index (χ3v) is 7.49. The molecule has 1 heterocycles. The van der Waals surface area contributed by atoms with E-state index in [1.165, 1.54) is 0 Å². The number of amides is 3. The summed E-state index contributed by atoms with van der Waals surface area (Å²) in [5.74, 6) is 0.155. The van der Waals surface area contributed by atoms with E-state index < -0.39 is 5.91 Å². The van der Waals surface area contributed by atoms with Crippen LogP contribution in [0.2, 0.25) is 5.02 Å². The van der Waals surface area contributed by atoms with Crippen molar-refractivity contribution >= 4 is 50.9 Å². The monoisotopic (exact) mass is 434 g/mol. The van der Waals surface area contributed by atoms with Gasteiger partial charge in [-0.05, 0) is 64.2 Å². The van der Waals surface area contributed by atoms with E-state index in [4.69, 9.17) is 11.6 Å². The molecule has 3 amide bonds. The molecule has 0 spiro atoms. The van der Waals surface area contributed by atoms with Crippen LogP contribution in [0, 0.1) is 35.5 Å². The predicted molar refractivity (Wildman–Crippen MR) is 99.2 cm³/mol. The van der Waals surface area contributed by atoms with Gasteiger partial charge in [-0.3, -0.25) is 19.3 Å². The van der Waals surface area contributed by atoms with Crippen molar-refractivity contribution in [3.05, 3.63) is 39.8 Å². The van der Waals surface area contributed by atoms with Crippen LogP contribution in [0.3, 0.4) is 0 Å². The fourth-order valence-corrected chi connectivity index (χ4v) is 5.52. The molecule has 1 aromatic carbocycles. The second-order valence-corrected chi connectivity index (χ2v) is 8.86. The molecule has 6 rings (SSSR count). The van der Waals surface area contributed by atoms with E-state index >= 15 is 0 Å². The van der Waals surface area contributed by atoms with E-state index in [0.717, 1.165) is 15.8 Å². The van der Waals surface area contributed by atoms with Gasteiger partial charge in [-0.25, -0.2) is 0 Å². The number of benzene rings is 1. The highest BCUT2D eigenvalue weighted by Crippen LogP contribution is 2.65. The summed E-state index contributed by atoms with van der Waals surface area (Å²) in [5, 5.41) is 3.18. The Kier molecular flexibility index (Phi) is 3.60. The molecule has 1 N–H and O–H groups in total. The molecule has 1 aliphatic heterocycles. The van der Waals surface area contributed by atoms with Crippen molar-refractivity contribution in [2.24, 2.45) is 35.5 Å². The molecular formula is C19H16BrClN2O3. The lowest BCUT2D eigenvalue weighted by molar-refractivity contribution is -0.142. The lowest BCUT2D eigenvalue weighted by Crippen LogP contribution is -2.40. The SMILES string of the molecule is O=C(CN1C(=O)[C@@H]2[C@H]3C=C[C@@H]([C@@H]4C[C@@H]34)[C@H]2C1=O)Nc1ccc(Br)c(Cl)c1. The van der Waals surface area contributed by atoms with Gasteiger partial charge in [-0.15, -0.1) is 0 Å². The maximum Gasteiger partial charge on any atom is 0.244 e. The first-order valence-electron chi connectivity index (χ1n) is 8.74. The van der Waals surface area contributed by atoms with Crippen LogP contribution in [-0.4, -0.2) is 29.2 Å². The van der Waals surface area contributed by atoms with Gasteiger partial charge in [-0.1, -0.05) is 23.8 Å². The van der Waals surface area contributed by atoms with E-state index in [0.29, 0.717) is 22.5 Å². The average molecular weight is 436 g/mol. The normalized spacial score (nSPS) is 36.2. The lowest BCUT2D eigenvalue weighted by Gasteiger charge is -2.37. The number of rotatable bonds is 3. The second kappa shape index (κ2) is 5.67. The Labute approximate surface area is 163 Å². The second-order valence-electron chi connectivity index (χ2n) is 7.59. The number of anilines is 1. The third-order valence-electron chi connectivity index (χ3n) is 6.26. The highest BCUT2D eigenvalue weighted by molar-refractivity contribution is 9.10. The number of likely N-dealkylation sites (tertiary alicyclic amines) is 1. The van der Waals surface area contributed by atoms with Crippen molar-refractivity contribution in [2.75, 3.05) is 11.9 Å². The summed E-state index contributed by atoms with van der Waals surface area (Å²) < 4.78 is 0.729. The molecule has 1 saturated heterocycles. The van der Waals surface area contributed by atoms with E-state index in [2.05, 4.69) is 33.4 Å². The molecule has 0 unspecified atom stereocenters. The van der Waals surface area contributed by atoms with Crippen LogP contribution in [0.25, 0.3) is 0 Å². The van der Waals surface area contributed by atoms with Crippen molar-refractivity contribution < 1.29 is 14.4 Å². The van der Waals surface area contributed by atoms with Gasteiger partial charge in [0.1, 0.15) is 6.54 Å². The maximum absolute atomic E-state index is 12.9. The highest BCUT2D eigenvalue weighted by atomic mass is 79.9. The minimum atomic E-state index is -0.394. The standard InChI is InChI=1S/C19H16BrClN2O3/c20-13-4-1-8(5-14(13)21)22-15(24)7-23-18(25)16-9-2-3-10(12-6-11(9)12)17(16)19(23)26/h1-5,9-12,16-17H,6-7H2,(H,22,24)/t9-,10-,11-,12-,16+,17+/m0/s1. The van der Waals surface area contributed by atoms with Gasteiger partial charge in [0.15, 0.2) is 0 Å². The van der Waals surface area contributed by atoms with Gasteiger partial charge >= 0.3 is 0 Å². The number of hydrogen-bond donors (Lipinski definition) is 1. The number of nitrogens with zero attached hydrogens (tertiary/aromatic N) is 1. The molecule has 6 atom stereocenters. The van der Waals surface area contributed by atoms with Crippen molar-refractivity contribution in [3.63, 3.8) is 0 Å². The summed E-state index contributed by atoms with van der Waals surface area (Å²) in [4.78, 5) is 39.3. The summed E-state index contributed by atoms with van der Waals surface area (Å²) in [6, 6.07) is 5.06. The van der Waals surface area contributed by atoms with E-state index in [1.807, 2.05) is 0 Å². The fraction of sp³-hybridized carbons (Fsp3) is 0.421. The van der Waals surface area contributed by atoms with Crippen LogP contribution in [0.5, 0.6) is 0 Å². The molecule has 2 bridgehead atoms. The molecule has 5 aliphatic rings. The number of carbonyl (C=O) groups excluding carboxylic acids is 3. The largest absolute Gasteiger partial charge is 0.324 e. The molecule has 26 heavy (non-hydrogen) atoms. The lowest BCUT2D eigenvalue weighted by atomic mass is 9.63. The molecule has 4 aliphatic carbocycles. The van der Waals surface area contributed by atoms with Crippen LogP contribution in [0.1, 0.15) is 6.42 Å².